The van der Waals surface area contributed by atoms with E-state index in [1.807, 2.05) is 53.4 Å². The number of halogens is 1. The number of carbonyl (C=O) groups excluding carboxylic acids is 1. The smallest absolute Gasteiger partial charge is 0.227 e. The van der Waals surface area contributed by atoms with E-state index in [0.717, 1.165) is 42.1 Å². The number of aryl methyl sites for hydroxylation is 1. The predicted molar refractivity (Wildman–Crippen MR) is 140 cm³/mol. The lowest BCUT2D eigenvalue weighted by molar-refractivity contribution is -0.132. The molecular weight excluding hydrogens is 460 g/mol. The van der Waals surface area contributed by atoms with Crippen LogP contribution in [0.25, 0.3) is 0 Å². The van der Waals surface area contributed by atoms with Crippen molar-refractivity contribution in [3.05, 3.63) is 100 Å². The average Bonchev–Trinajstić information content (AvgIpc) is 2.87. The van der Waals surface area contributed by atoms with Crippen LogP contribution in [0.5, 0.6) is 5.75 Å². The Bertz CT molecular complexity index is 1110. The van der Waals surface area contributed by atoms with E-state index < -0.39 is 0 Å². The maximum atomic E-state index is 12.9. The van der Waals surface area contributed by atoms with Gasteiger partial charge in [0, 0.05) is 37.7 Å². The van der Waals surface area contributed by atoms with Crippen LogP contribution in [-0.4, -0.2) is 55.5 Å². The SMILES string of the molecule is COc1cccc(CC(=O)N2CCN(C[C@@H](OCc3cccc(C)c3)c3ccc(Cl)cc3)CC2)c1. The van der Waals surface area contributed by atoms with Gasteiger partial charge in [0.25, 0.3) is 0 Å². The number of methoxy groups -OCH3 is 1. The van der Waals surface area contributed by atoms with Crippen LogP contribution in [0, 0.1) is 6.92 Å². The highest BCUT2D eigenvalue weighted by Gasteiger charge is 2.24. The van der Waals surface area contributed by atoms with E-state index in [1.54, 1.807) is 7.11 Å². The normalized spacial score (nSPS) is 15.1. The molecule has 0 spiro atoms. The fourth-order valence-corrected chi connectivity index (χ4v) is 4.54. The Morgan fingerprint density at radius 3 is 2.37 bits per heavy atom. The van der Waals surface area contributed by atoms with Crippen molar-refractivity contribution >= 4 is 17.5 Å². The molecule has 1 amide bonds. The molecule has 3 aromatic rings. The molecule has 1 heterocycles. The molecule has 1 saturated heterocycles. The molecule has 184 valence electrons. The Labute approximate surface area is 213 Å². The Hall–Kier alpha value is -2.86. The lowest BCUT2D eigenvalue weighted by Gasteiger charge is -2.36. The number of amides is 1. The van der Waals surface area contributed by atoms with Crippen LogP contribution in [0.4, 0.5) is 0 Å². The van der Waals surface area contributed by atoms with Crippen LogP contribution >= 0.6 is 11.6 Å². The summed E-state index contributed by atoms with van der Waals surface area (Å²) in [5.41, 5.74) is 4.48. The topological polar surface area (TPSA) is 42.0 Å². The number of hydrogen-bond donors (Lipinski definition) is 0. The lowest BCUT2D eigenvalue weighted by Crippen LogP contribution is -2.50. The van der Waals surface area contributed by atoms with Crippen molar-refractivity contribution in [2.24, 2.45) is 0 Å². The van der Waals surface area contributed by atoms with Crippen LogP contribution in [0.3, 0.4) is 0 Å². The molecule has 1 fully saturated rings. The molecule has 0 N–H and O–H groups in total. The third-order valence-electron chi connectivity index (χ3n) is 6.41. The molecule has 0 unspecified atom stereocenters. The minimum absolute atomic E-state index is 0.0770. The third kappa shape index (κ3) is 7.31. The van der Waals surface area contributed by atoms with Crippen LogP contribution in [0.1, 0.15) is 28.4 Å². The van der Waals surface area contributed by atoms with Crippen molar-refractivity contribution in [1.82, 2.24) is 9.80 Å². The highest BCUT2D eigenvalue weighted by Crippen LogP contribution is 2.24. The van der Waals surface area contributed by atoms with Gasteiger partial charge in [-0.25, -0.2) is 0 Å². The van der Waals surface area contributed by atoms with Gasteiger partial charge in [0.15, 0.2) is 0 Å². The first kappa shape index (κ1) is 25.2. The van der Waals surface area contributed by atoms with Gasteiger partial charge in [-0.3, -0.25) is 9.69 Å². The minimum Gasteiger partial charge on any atom is -0.497 e. The molecule has 0 aliphatic carbocycles. The third-order valence-corrected chi connectivity index (χ3v) is 6.67. The Morgan fingerprint density at radius 2 is 1.66 bits per heavy atom. The van der Waals surface area contributed by atoms with Crippen LogP contribution in [-0.2, 0) is 22.6 Å². The molecule has 1 atom stereocenters. The summed E-state index contributed by atoms with van der Waals surface area (Å²) in [6, 6.07) is 24.0. The number of nitrogens with zero attached hydrogens (tertiary/aromatic N) is 2. The van der Waals surface area contributed by atoms with Crippen LogP contribution < -0.4 is 4.74 Å². The second kappa shape index (κ2) is 12.2. The number of piperazine rings is 1. The lowest BCUT2D eigenvalue weighted by atomic mass is 10.1. The molecule has 0 radical (unpaired) electrons. The van der Waals surface area contributed by atoms with E-state index in [1.165, 1.54) is 5.56 Å². The first-order valence-electron chi connectivity index (χ1n) is 12.1. The first-order chi connectivity index (χ1) is 17.0. The van der Waals surface area contributed by atoms with E-state index in [2.05, 4.69) is 36.1 Å². The summed E-state index contributed by atoms with van der Waals surface area (Å²) in [4.78, 5) is 17.2. The summed E-state index contributed by atoms with van der Waals surface area (Å²) < 4.78 is 11.7. The van der Waals surface area contributed by atoms with Gasteiger partial charge in [-0.05, 0) is 47.9 Å². The number of benzene rings is 3. The van der Waals surface area contributed by atoms with E-state index in [0.29, 0.717) is 31.1 Å². The maximum Gasteiger partial charge on any atom is 0.227 e. The van der Waals surface area contributed by atoms with Crippen molar-refractivity contribution in [2.45, 2.75) is 26.1 Å². The Balaban J connectivity index is 1.34. The minimum atomic E-state index is -0.0770. The van der Waals surface area contributed by atoms with E-state index in [9.17, 15) is 4.79 Å². The van der Waals surface area contributed by atoms with E-state index in [-0.39, 0.29) is 12.0 Å². The summed E-state index contributed by atoms with van der Waals surface area (Å²) >= 11 is 6.12. The van der Waals surface area contributed by atoms with Gasteiger partial charge in [0.05, 0.1) is 26.2 Å². The molecule has 1 aliphatic heterocycles. The molecule has 4 rings (SSSR count). The van der Waals surface area contributed by atoms with Crippen LogP contribution in [0.15, 0.2) is 72.8 Å². The molecule has 35 heavy (non-hydrogen) atoms. The van der Waals surface area contributed by atoms with Crippen molar-refractivity contribution in [3.8, 4) is 5.75 Å². The maximum absolute atomic E-state index is 12.9. The van der Waals surface area contributed by atoms with Crippen LogP contribution in [0.2, 0.25) is 5.02 Å². The summed E-state index contributed by atoms with van der Waals surface area (Å²) in [5, 5.41) is 0.717. The average molecular weight is 493 g/mol. The standard InChI is InChI=1S/C29H33ClN2O3/c1-22-5-3-7-24(17-22)21-35-28(25-9-11-26(30)12-10-25)20-31-13-15-32(16-14-31)29(33)19-23-6-4-8-27(18-23)34-2/h3-12,17-18,28H,13-16,19-21H2,1-2H3/t28-/m1/s1. The summed E-state index contributed by atoms with van der Waals surface area (Å²) in [6.45, 7) is 6.49. The molecule has 0 bridgehead atoms. The van der Waals surface area contributed by atoms with Gasteiger partial charge in [-0.15, -0.1) is 0 Å². The van der Waals surface area contributed by atoms with E-state index in [4.69, 9.17) is 21.1 Å². The number of hydrogen-bond acceptors (Lipinski definition) is 4. The highest BCUT2D eigenvalue weighted by atomic mass is 35.5. The monoisotopic (exact) mass is 492 g/mol. The Kier molecular flexibility index (Phi) is 8.80. The zero-order valence-corrected chi connectivity index (χ0v) is 21.2. The first-order valence-corrected chi connectivity index (χ1v) is 12.4. The fraction of sp³-hybridized carbons (Fsp3) is 0.345. The summed E-state index contributed by atoms with van der Waals surface area (Å²) in [6.07, 6.45) is 0.316. The largest absolute Gasteiger partial charge is 0.497 e. The molecule has 3 aromatic carbocycles. The molecule has 6 heteroatoms. The van der Waals surface area contributed by atoms with Crippen molar-refractivity contribution in [3.63, 3.8) is 0 Å². The zero-order valence-electron chi connectivity index (χ0n) is 20.5. The predicted octanol–water partition coefficient (Wildman–Crippen LogP) is 5.30. The highest BCUT2D eigenvalue weighted by molar-refractivity contribution is 6.30. The van der Waals surface area contributed by atoms with Crippen molar-refractivity contribution in [1.29, 1.82) is 0 Å². The van der Waals surface area contributed by atoms with Gasteiger partial charge >= 0.3 is 0 Å². The molecule has 0 saturated carbocycles. The summed E-state index contributed by atoms with van der Waals surface area (Å²) in [7, 11) is 1.64. The number of carbonyl (C=O) groups is 1. The quantitative estimate of drug-likeness (QED) is 0.406. The fourth-order valence-electron chi connectivity index (χ4n) is 4.41. The van der Waals surface area contributed by atoms with Crippen molar-refractivity contribution < 1.29 is 14.3 Å². The van der Waals surface area contributed by atoms with Gasteiger partial charge in [0.2, 0.25) is 5.91 Å². The van der Waals surface area contributed by atoms with Gasteiger partial charge < -0.3 is 14.4 Å². The molecule has 0 aromatic heterocycles. The molecular formula is C29H33ClN2O3. The number of ether oxygens (including phenoxy) is 2. The summed E-state index contributed by atoms with van der Waals surface area (Å²) in [5.74, 6) is 0.932. The zero-order chi connectivity index (χ0) is 24.6. The van der Waals surface area contributed by atoms with E-state index >= 15 is 0 Å². The second-order valence-electron chi connectivity index (χ2n) is 9.05. The van der Waals surface area contributed by atoms with Gasteiger partial charge in [-0.1, -0.05) is 65.7 Å². The second-order valence-corrected chi connectivity index (χ2v) is 9.49. The molecule has 1 aliphatic rings. The number of rotatable bonds is 9. The Morgan fingerprint density at radius 1 is 0.943 bits per heavy atom. The van der Waals surface area contributed by atoms with Crippen molar-refractivity contribution in [2.75, 3.05) is 39.8 Å². The van der Waals surface area contributed by atoms with Gasteiger partial charge in [-0.2, -0.15) is 0 Å². The van der Waals surface area contributed by atoms with Gasteiger partial charge in [0.1, 0.15) is 5.75 Å². The molecule has 5 nitrogen and oxygen atoms in total.